The van der Waals surface area contributed by atoms with E-state index >= 15 is 0 Å². The van der Waals surface area contributed by atoms with Crippen LogP contribution in [0.1, 0.15) is 42.8 Å². The minimum atomic E-state index is 0.0639. The van der Waals surface area contributed by atoms with Crippen LogP contribution in [0.5, 0.6) is 5.75 Å². The number of furan rings is 1. The van der Waals surface area contributed by atoms with E-state index in [4.69, 9.17) is 9.15 Å². The Morgan fingerprint density at radius 3 is 2.66 bits per heavy atom. The average molecular weight is 395 g/mol. The molecule has 0 N–H and O–H groups in total. The summed E-state index contributed by atoms with van der Waals surface area (Å²) < 4.78 is 11.1. The van der Waals surface area contributed by atoms with Crippen molar-refractivity contribution < 1.29 is 13.9 Å². The quantitative estimate of drug-likeness (QED) is 0.690. The Labute approximate surface area is 172 Å². The molecule has 4 rings (SSSR count). The standard InChI is InChI=1S/C24H30N2O3/c1-18-16-22(18)23-10-8-21(29-23)9-11-24(27)26-13-3-12-25(14-15-26)17-19-4-6-20(28-2)7-5-19/h4-11,18,22H,3,12-17H2,1-2H3/b11-9+. The lowest BCUT2D eigenvalue weighted by Gasteiger charge is -2.21. The highest BCUT2D eigenvalue weighted by molar-refractivity contribution is 5.91. The van der Waals surface area contributed by atoms with E-state index in [-0.39, 0.29) is 5.91 Å². The summed E-state index contributed by atoms with van der Waals surface area (Å²) in [7, 11) is 1.68. The van der Waals surface area contributed by atoms with Crippen molar-refractivity contribution >= 4 is 12.0 Å². The third kappa shape index (κ3) is 5.10. The van der Waals surface area contributed by atoms with E-state index in [9.17, 15) is 4.79 Å². The molecule has 5 heteroatoms. The van der Waals surface area contributed by atoms with Crippen molar-refractivity contribution in [3.05, 3.63) is 59.6 Å². The van der Waals surface area contributed by atoms with Crippen molar-refractivity contribution in [2.75, 3.05) is 33.3 Å². The zero-order valence-electron chi connectivity index (χ0n) is 17.3. The first-order valence-electron chi connectivity index (χ1n) is 10.5. The second-order valence-corrected chi connectivity index (χ2v) is 8.20. The van der Waals surface area contributed by atoms with Crippen LogP contribution in [-0.2, 0) is 11.3 Å². The largest absolute Gasteiger partial charge is 0.497 e. The molecular weight excluding hydrogens is 364 g/mol. The predicted octanol–water partition coefficient (Wildman–Crippen LogP) is 4.16. The molecular formula is C24H30N2O3. The SMILES string of the molecule is COc1ccc(CN2CCCN(C(=O)/C=C/c3ccc(C4CC4C)o3)CC2)cc1. The lowest BCUT2D eigenvalue weighted by atomic mass is 10.2. The van der Waals surface area contributed by atoms with E-state index in [0.29, 0.717) is 5.92 Å². The van der Waals surface area contributed by atoms with Crippen LogP contribution in [0, 0.1) is 5.92 Å². The highest BCUT2D eigenvalue weighted by atomic mass is 16.5. The second kappa shape index (κ2) is 8.87. The first-order valence-corrected chi connectivity index (χ1v) is 10.5. The van der Waals surface area contributed by atoms with Gasteiger partial charge in [0.05, 0.1) is 7.11 Å². The zero-order valence-corrected chi connectivity index (χ0v) is 17.3. The van der Waals surface area contributed by atoms with E-state index < -0.39 is 0 Å². The van der Waals surface area contributed by atoms with Gasteiger partial charge in [0.15, 0.2) is 0 Å². The molecule has 0 radical (unpaired) electrons. The van der Waals surface area contributed by atoms with Crippen LogP contribution in [-0.4, -0.2) is 49.0 Å². The van der Waals surface area contributed by atoms with E-state index in [1.807, 2.05) is 29.2 Å². The molecule has 2 aromatic rings. The van der Waals surface area contributed by atoms with Crippen molar-refractivity contribution in [2.45, 2.75) is 32.2 Å². The first-order chi connectivity index (χ1) is 14.1. The maximum Gasteiger partial charge on any atom is 0.246 e. The van der Waals surface area contributed by atoms with E-state index in [1.54, 1.807) is 19.3 Å². The molecule has 1 saturated heterocycles. The Balaban J connectivity index is 1.28. The summed E-state index contributed by atoms with van der Waals surface area (Å²) in [6.07, 6.45) is 5.65. The molecule has 1 amide bonds. The number of ether oxygens (including phenoxy) is 1. The Kier molecular flexibility index (Phi) is 6.05. The molecule has 2 aliphatic rings. The lowest BCUT2D eigenvalue weighted by molar-refractivity contribution is -0.125. The normalized spacial score (nSPS) is 22.6. The number of benzene rings is 1. The smallest absolute Gasteiger partial charge is 0.246 e. The van der Waals surface area contributed by atoms with E-state index in [1.165, 1.54) is 12.0 Å². The molecule has 5 nitrogen and oxygen atoms in total. The third-order valence-corrected chi connectivity index (χ3v) is 5.98. The number of carbonyl (C=O) groups excluding carboxylic acids is 1. The van der Waals surface area contributed by atoms with Crippen LogP contribution in [0.2, 0.25) is 0 Å². The van der Waals surface area contributed by atoms with Gasteiger partial charge in [-0.2, -0.15) is 0 Å². The minimum absolute atomic E-state index is 0.0639. The molecule has 2 unspecified atom stereocenters. The molecule has 0 bridgehead atoms. The van der Waals surface area contributed by atoms with Gasteiger partial charge in [-0.3, -0.25) is 9.69 Å². The average Bonchev–Trinajstić information content (AvgIpc) is 3.36. The molecule has 2 fully saturated rings. The maximum atomic E-state index is 12.6. The van der Waals surface area contributed by atoms with Crippen molar-refractivity contribution in [3.63, 3.8) is 0 Å². The molecule has 1 aromatic heterocycles. The summed E-state index contributed by atoms with van der Waals surface area (Å²) in [5.41, 5.74) is 1.27. The number of carbonyl (C=O) groups is 1. The molecule has 1 saturated carbocycles. The van der Waals surface area contributed by atoms with Crippen molar-refractivity contribution in [1.29, 1.82) is 0 Å². The fraction of sp³-hybridized carbons (Fsp3) is 0.458. The Hall–Kier alpha value is -2.53. The molecule has 154 valence electrons. The van der Waals surface area contributed by atoms with Gasteiger partial charge >= 0.3 is 0 Å². The maximum absolute atomic E-state index is 12.6. The highest BCUT2D eigenvalue weighted by Gasteiger charge is 2.36. The second-order valence-electron chi connectivity index (χ2n) is 8.20. The van der Waals surface area contributed by atoms with Crippen LogP contribution >= 0.6 is 0 Å². The summed E-state index contributed by atoms with van der Waals surface area (Å²) in [5, 5.41) is 0. The van der Waals surface area contributed by atoms with Gasteiger partial charge in [0, 0.05) is 44.7 Å². The van der Waals surface area contributed by atoms with Crippen molar-refractivity contribution in [3.8, 4) is 5.75 Å². The van der Waals surface area contributed by atoms with Gasteiger partial charge < -0.3 is 14.1 Å². The highest BCUT2D eigenvalue weighted by Crippen LogP contribution is 2.47. The number of nitrogens with zero attached hydrogens (tertiary/aromatic N) is 2. The summed E-state index contributed by atoms with van der Waals surface area (Å²) in [5.74, 6) is 4.04. The summed E-state index contributed by atoms with van der Waals surface area (Å²) in [6, 6.07) is 12.2. The number of hydrogen-bond donors (Lipinski definition) is 0. The Bertz CT molecular complexity index is 855. The zero-order chi connectivity index (χ0) is 20.2. The third-order valence-electron chi connectivity index (χ3n) is 5.98. The van der Waals surface area contributed by atoms with Gasteiger partial charge in [-0.05, 0) is 54.7 Å². The van der Waals surface area contributed by atoms with Gasteiger partial charge in [-0.15, -0.1) is 0 Å². The van der Waals surface area contributed by atoms with Gasteiger partial charge in [0.25, 0.3) is 0 Å². The Morgan fingerprint density at radius 2 is 1.93 bits per heavy atom. The topological polar surface area (TPSA) is 45.9 Å². The van der Waals surface area contributed by atoms with Gasteiger partial charge in [-0.1, -0.05) is 19.1 Å². The molecule has 29 heavy (non-hydrogen) atoms. The lowest BCUT2D eigenvalue weighted by Crippen LogP contribution is -2.34. The Morgan fingerprint density at radius 1 is 1.14 bits per heavy atom. The molecule has 1 aliphatic carbocycles. The number of methoxy groups -OCH3 is 1. The fourth-order valence-electron chi connectivity index (χ4n) is 3.97. The van der Waals surface area contributed by atoms with Crippen LogP contribution in [0.4, 0.5) is 0 Å². The van der Waals surface area contributed by atoms with Gasteiger partial charge in [0.1, 0.15) is 17.3 Å². The van der Waals surface area contributed by atoms with E-state index in [2.05, 4.69) is 24.0 Å². The minimum Gasteiger partial charge on any atom is -0.497 e. The van der Waals surface area contributed by atoms with Gasteiger partial charge in [0.2, 0.25) is 5.91 Å². The number of rotatable bonds is 6. The molecule has 1 aliphatic heterocycles. The van der Waals surface area contributed by atoms with Gasteiger partial charge in [-0.25, -0.2) is 0 Å². The molecule has 0 spiro atoms. The molecule has 1 aromatic carbocycles. The van der Waals surface area contributed by atoms with E-state index in [0.717, 1.165) is 62.3 Å². The predicted molar refractivity (Wildman–Crippen MR) is 114 cm³/mol. The van der Waals surface area contributed by atoms with Crippen LogP contribution in [0.15, 0.2) is 46.9 Å². The number of amides is 1. The fourth-order valence-corrected chi connectivity index (χ4v) is 3.97. The summed E-state index contributed by atoms with van der Waals surface area (Å²) in [4.78, 5) is 17.0. The molecule has 2 atom stereocenters. The van der Waals surface area contributed by atoms with Crippen molar-refractivity contribution in [2.24, 2.45) is 5.92 Å². The summed E-state index contributed by atoms with van der Waals surface area (Å²) in [6.45, 7) is 6.57. The molecule has 2 heterocycles. The van der Waals surface area contributed by atoms with Crippen LogP contribution < -0.4 is 4.74 Å². The number of hydrogen-bond acceptors (Lipinski definition) is 4. The van der Waals surface area contributed by atoms with Crippen LogP contribution in [0.25, 0.3) is 6.08 Å². The monoisotopic (exact) mass is 394 g/mol. The van der Waals surface area contributed by atoms with Crippen LogP contribution in [0.3, 0.4) is 0 Å². The first kappa shape index (κ1) is 19.8. The van der Waals surface area contributed by atoms with Crippen molar-refractivity contribution in [1.82, 2.24) is 9.80 Å². The summed E-state index contributed by atoms with van der Waals surface area (Å²) >= 11 is 0.